The summed E-state index contributed by atoms with van der Waals surface area (Å²) in [6, 6.07) is 14.2. The number of pyridine rings is 1. The molecule has 0 aliphatic rings. The third-order valence-corrected chi connectivity index (χ3v) is 2.63. The van der Waals surface area contributed by atoms with E-state index in [-0.39, 0.29) is 6.04 Å². The molecule has 0 unspecified atom stereocenters. The van der Waals surface area contributed by atoms with Gasteiger partial charge in [0.15, 0.2) is 0 Å². The van der Waals surface area contributed by atoms with Gasteiger partial charge >= 0.3 is 0 Å². The van der Waals surface area contributed by atoms with Gasteiger partial charge in [0.25, 0.3) is 0 Å². The van der Waals surface area contributed by atoms with Crippen LogP contribution in [0.5, 0.6) is 0 Å². The number of benzene rings is 1. The van der Waals surface area contributed by atoms with Crippen LogP contribution >= 0.6 is 0 Å². The molecule has 0 saturated carbocycles. The third kappa shape index (κ3) is 3.29. The second-order valence-corrected chi connectivity index (χ2v) is 4.10. The van der Waals surface area contributed by atoms with E-state index in [0.717, 1.165) is 17.9 Å². The Morgan fingerprint density at radius 1 is 1.18 bits per heavy atom. The lowest BCUT2D eigenvalue weighted by molar-refractivity contribution is 0.811. The van der Waals surface area contributed by atoms with Gasteiger partial charge in [-0.05, 0) is 24.1 Å². The Labute approximate surface area is 102 Å². The lowest BCUT2D eigenvalue weighted by Gasteiger charge is -2.08. The molecule has 1 atom stereocenters. The first kappa shape index (κ1) is 11.6. The maximum atomic E-state index is 5.77. The van der Waals surface area contributed by atoms with Crippen LogP contribution in [-0.2, 0) is 6.54 Å². The molecule has 3 N–H and O–H groups in total. The van der Waals surface area contributed by atoms with Gasteiger partial charge < -0.3 is 11.1 Å². The van der Waals surface area contributed by atoms with E-state index >= 15 is 0 Å². The van der Waals surface area contributed by atoms with Crippen molar-refractivity contribution in [1.82, 2.24) is 4.98 Å². The number of nitrogens with one attached hydrogen (secondary N) is 1. The molecule has 3 heteroatoms. The van der Waals surface area contributed by atoms with Crippen LogP contribution in [0.25, 0.3) is 0 Å². The monoisotopic (exact) mass is 227 g/mol. The van der Waals surface area contributed by atoms with E-state index in [2.05, 4.69) is 22.4 Å². The van der Waals surface area contributed by atoms with Gasteiger partial charge in [-0.15, -0.1) is 0 Å². The molecule has 88 valence electrons. The van der Waals surface area contributed by atoms with Crippen molar-refractivity contribution in [1.29, 1.82) is 0 Å². The second kappa shape index (κ2) is 5.46. The van der Waals surface area contributed by atoms with Gasteiger partial charge in [-0.25, -0.2) is 4.98 Å². The van der Waals surface area contributed by atoms with Crippen molar-refractivity contribution in [3.05, 3.63) is 59.8 Å². The van der Waals surface area contributed by atoms with Crippen molar-refractivity contribution in [2.45, 2.75) is 19.5 Å². The molecule has 1 aromatic heterocycles. The van der Waals surface area contributed by atoms with Gasteiger partial charge in [0.1, 0.15) is 5.82 Å². The summed E-state index contributed by atoms with van der Waals surface area (Å²) in [5.74, 6) is 0.873. The van der Waals surface area contributed by atoms with Crippen LogP contribution in [0.2, 0.25) is 0 Å². The first-order valence-corrected chi connectivity index (χ1v) is 5.75. The third-order valence-electron chi connectivity index (χ3n) is 2.63. The molecule has 3 nitrogen and oxygen atoms in total. The molecule has 0 fully saturated rings. The molecular weight excluding hydrogens is 210 g/mol. The summed E-state index contributed by atoms with van der Waals surface area (Å²) in [6.45, 7) is 2.74. The summed E-state index contributed by atoms with van der Waals surface area (Å²) >= 11 is 0. The van der Waals surface area contributed by atoms with E-state index in [1.54, 1.807) is 0 Å². The summed E-state index contributed by atoms with van der Waals surface area (Å²) in [5, 5.41) is 3.28. The lowest BCUT2D eigenvalue weighted by atomic mass is 10.1. The number of anilines is 1. The average Bonchev–Trinajstić information content (AvgIpc) is 2.38. The highest BCUT2D eigenvalue weighted by molar-refractivity contribution is 5.37. The molecular formula is C14H17N3. The molecule has 0 aliphatic carbocycles. The van der Waals surface area contributed by atoms with Gasteiger partial charge in [-0.1, -0.05) is 36.4 Å². The molecule has 0 bridgehead atoms. The minimum Gasteiger partial charge on any atom is -0.366 e. The fourth-order valence-electron chi connectivity index (χ4n) is 1.57. The van der Waals surface area contributed by atoms with Crippen molar-refractivity contribution in [2.24, 2.45) is 5.73 Å². The van der Waals surface area contributed by atoms with E-state index in [4.69, 9.17) is 5.73 Å². The Kier molecular flexibility index (Phi) is 3.73. The Bertz CT molecular complexity index is 449. The topological polar surface area (TPSA) is 50.9 Å². The molecule has 0 amide bonds. The first-order chi connectivity index (χ1) is 8.25. The normalized spacial score (nSPS) is 12.1. The summed E-state index contributed by atoms with van der Waals surface area (Å²) in [6.07, 6.45) is 1.82. The SMILES string of the molecule is C[C@H](N)c1ccc(NCc2ccccc2)nc1. The summed E-state index contributed by atoms with van der Waals surface area (Å²) in [4.78, 5) is 4.32. The van der Waals surface area contributed by atoms with Crippen LogP contribution in [0.3, 0.4) is 0 Å². The highest BCUT2D eigenvalue weighted by Crippen LogP contribution is 2.11. The van der Waals surface area contributed by atoms with Crippen LogP contribution in [-0.4, -0.2) is 4.98 Å². The molecule has 0 aliphatic heterocycles. The van der Waals surface area contributed by atoms with Gasteiger partial charge in [-0.3, -0.25) is 0 Å². The van der Waals surface area contributed by atoms with Crippen molar-refractivity contribution in [2.75, 3.05) is 5.32 Å². The molecule has 2 aromatic rings. The van der Waals surface area contributed by atoms with E-state index < -0.39 is 0 Å². The molecule has 2 rings (SSSR count). The smallest absolute Gasteiger partial charge is 0.126 e. The second-order valence-electron chi connectivity index (χ2n) is 4.10. The van der Waals surface area contributed by atoms with Crippen molar-refractivity contribution >= 4 is 5.82 Å². The minimum atomic E-state index is 0.0330. The zero-order chi connectivity index (χ0) is 12.1. The Morgan fingerprint density at radius 3 is 2.53 bits per heavy atom. The predicted octanol–water partition coefficient (Wildman–Crippen LogP) is 2.71. The van der Waals surface area contributed by atoms with E-state index in [1.165, 1.54) is 5.56 Å². The number of nitrogens with zero attached hydrogens (tertiary/aromatic N) is 1. The average molecular weight is 227 g/mol. The number of rotatable bonds is 4. The maximum Gasteiger partial charge on any atom is 0.126 e. The molecule has 0 saturated heterocycles. The highest BCUT2D eigenvalue weighted by Gasteiger charge is 1.99. The maximum absolute atomic E-state index is 5.77. The summed E-state index contributed by atoms with van der Waals surface area (Å²) < 4.78 is 0. The largest absolute Gasteiger partial charge is 0.366 e. The first-order valence-electron chi connectivity index (χ1n) is 5.75. The van der Waals surface area contributed by atoms with Gasteiger partial charge in [-0.2, -0.15) is 0 Å². The van der Waals surface area contributed by atoms with Gasteiger partial charge in [0, 0.05) is 18.8 Å². The molecule has 0 spiro atoms. The molecule has 1 aromatic carbocycles. The highest BCUT2D eigenvalue weighted by atomic mass is 15.0. The Morgan fingerprint density at radius 2 is 1.94 bits per heavy atom. The fourth-order valence-corrected chi connectivity index (χ4v) is 1.57. The minimum absolute atomic E-state index is 0.0330. The van der Waals surface area contributed by atoms with Crippen molar-refractivity contribution in [3.63, 3.8) is 0 Å². The quantitative estimate of drug-likeness (QED) is 0.844. The van der Waals surface area contributed by atoms with Crippen LogP contribution in [0.1, 0.15) is 24.1 Å². The lowest BCUT2D eigenvalue weighted by Crippen LogP contribution is -2.06. The Hall–Kier alpha value is -1.87. The molecule has 1 heterocycles. The number of hydrogen-bond donors (Lipinski definition) is 2. The van der Waals surface area contributed by atoms with E-state index in [0.29, 0.717) is 0 Å². The zero-order valence-corrected chi connectivity index (χ0v) is 9.93. The Balaban J connectivity index is 1.96. The van der Waals surface area contributed by atoms with Crippen molar-refractivity contribution in [3.8, 4) is 0 Å². The summed E-state index contributed by atoms with van der Waals surface area (Å²) in [7, 11) is 0. The van der Waals surface area contributed by atoms with Crippen LogP contribution in [0.4, 0.5) is 5.82 Å². The van der Waals surface area contributed by atoms with Crippen molar-refractivity contribution < 1.29 is 0 Å². The zero-order valence-electron chi connectivity index (χ0n) is 9.93. The number of nitrogens with two attached hydrogens (primary N) is 1. The summed E-state index contributed by atoms with van der Waals surface area (Å²) in [5.41, 5.74) is 8.06. The van der Waals surface area contributed by atoms with E-state index in [1.807, 2.05) is 43.5 Å². The molecule has 17 heavy (non-hydrogen) atoms. The fraction of sp³-hybridized carbons (Fsp3) is 0.214. The standard InChI is InChI=1S/C14H17N3/c1-11(15)13-7-8-14(17-10-13)16-9-12-5-3-2-4-6-12/h2-8,10-11H,9,15H2,1H3,(H,16,17)/t11-/m0/s1. The van der Waals surface area contributed by atoms with Crippen LogP contribution in [0.15, 0.2) is 48.7 Å². The number of aromatic nitrogens is 1. The number of hydrogen-bond acceptors (Lipinski definition) is 3. The molecule has 0 radical (unpaired) electrons. The van der Waals surface area contributed by atoms with Crippen LogP contribution < -0.4 is 11.1 Å². The predicted molar refractivity (Wildman–Crippen MR) is 70.6 cm³/mol. The van der Waals surface area contributed by atoms with Gasteiger partial charge in [0.2, 0.25) is 0 Å². The van der Waals surface area contributed by atoms with Crippen LogP contribution in [0, 0.1) is 0 Å². The van der Waals surface area contributed by atoms with Gasteiger partial charge in [0.05, 0.1) is 0 Å². The van der Waals surface area contributed by atoms with E-state index in [9.17, 15) is 0 Å².